The van der Waals surface area contributed by atoms with Crippen LogP contribution >= 0.6 is 11.8 Å². The van der Waals surface area contributed by atoms with Crippen molar-refractivity contribution in [2.45, 2.75) is 30.3 Å². The number of carbonyl (C=O) groups excluding carboxylic acids is 1. The van der Waals surface area contributed by atoms with Crippen LogP contribution in [0, 0.1) is 0 Å². The molecule has 26 heavy (non-hydrogen) atoms. The Morgan fingerprint density at radius 3 is 2.69 bits per heavy atom. The van der Waals surface area contributed by atoms with Gasteiger partial charge in [-0.15, -0.1) is 10.2 Å². The van der Waals surface area contributed by atoms with Crippen molar-refractivity contribution in [3.8, 4) is 0 Å². The molecule has 0 spiro atoms. The molecule has 0 aliphatic carbocycles. The van der Waals surface area contributed by atoms with Gasteiger partial charge in [-0.2, -0.15) is 0 Å². The molecular formula is C18H25N5O2S. The summed E-state index contributed by atoms with van der Waals surface area (Å²) in [7, 11) is 1.95. The Bertz CT molecular complexity index is 716. The highest BCUT2D eigenvalue weighted by atomic mass is 32.2. The first kappa shape index (κ1) is 18.7. The van der Waals surface area contributed by atoms with Crippen LogP contribution in [0.1, 0.15) is 18.9 Å². The van der Waals surface area contributed by atoms with Crippen LogP contribution in [0.5, 0.6) is 0 Å². The van der Waals surface area contributed by atoms with E-state index in [1.54, 1.807) is 0 Å². The average Bonchev–Trinajstić information content (AvgIpc) is 3.06. The van der Waals surface area contributed by atoms with Crippen LogP contribution in [-0.2, 0) is 23.1 Å². The molecule has 0 radical (unpaired) electrons. The van der Waals surface area contributed by atoms with E-state index in [0.29, 0.717) is 19.8 Å². The Balaban J connectivity index is 1.60. The van der Waals surface area contributed by atoms with Crippen LogP contribution in [0.4, 0.5) is 5.95 Å². The Morgan fingerprint density at radius 2 is 2.00 bits per heavy atom. The molecule has 7 nitrogen and oxygen atoms in total. The summed E-state index contributed by atoms with van der Waals surface area (Å²) in [6.45, 7) is 5.58. The summed E-state index contributed by atoms with van der Waals surface area (Å²) in [5, 5.41) is 12.2. The van der Waals surface area contributed by atoms with Gasteiger partial charge in [-0.25, -0.2) is 0 Å². The van der Waals surface area contributed by atoms with Crippen LogP contribution in [0.3, 0.4) is 0 Å². The van der Waals surface area contributed by atoms with Crippen molar-refractivity contribution in [3.63, 3.8) is 0 Å². The van der Waals surface area contributed by atoms with Crippen molar-refractivity contribution in [1.29, 1.82) is 0 Å². The fraction of sp³-hybridized carbons (Fsp3) is 0.500. The summed E-state index contributed by atoms with van der Waals surface area (Å²) >= 11 is 1.46. The average molecular weight is 375 g/mol. The third kappa shape index (κ3) is 4.56. The first-order valence-corrected chi connectivity index (χ1v) is 9.77. The van der Waals surface area contributed by atoms with Crippen molar-refractivity contribution in [3.05, 3.63) is 35.9 Å². The van der Waals surface area contributed by atoms with E-state index in [1.165, 1.54) is 11.8 Å². The van der Waals surface area contributed by atoms with Gasteiger partial charge >= 0.3 is 0 Å². The third-order valence-electron chi connectivity index (χ3n) is 4.33. The number of hydrogen-bond acceptors (Lipinski definition) is 6. The number of benzene rings is 1. The van der Waals surface area contributed by atoms with E-state index in [-0.39, 0.29) is 11.2 Å². The van der Waals surface area contributed by atoms with Crippen molar-refractivity contribution in [2.75, 3.05) is 31.2 Å². The Kier molecular flexibility index (Phi) is 6.51. The van der Waals surface area contributed by atoms with Gasteiger partial charge in [0.1, 0.15) is 0 Å². The highest BCUT2D eigenvalue weighted by Gasteiger charge is 2.23. The van der Waals surface area contributed by atoms with Crippen molar-refractivity contribution in [1.82, 2.24) is 20.1 Å². The SMILES string of the molecule is CCC(Sc1nnc(N2CCOCC2)n1C)C(=O)NCc1ccccc1. The lowest BCUT2D eigenvalue weighted by Crippen LogP contribution is -2.37. The topological polar surface area (TPSA) is 72.3 Å². The highest BCUT2D eigenvalue weighted by molar-refractivity contribution is 8.00. The summed E-state index contributed by atoms with van der Waals surface area (Å²) in [5.74, 6) is 0.854. The zero-order chi connectivity index (χ0) is 18.4. The van der Waals surface area contributed by atoms with Crippen LogP contribution in [0.2, 0.25) is 0 Å². The van der Waals surface area contributed by atoms with E-state index in [0.717, 1.165) is 36.2 Å². The van der Waals surface area contributed by atoms with E-state index in [2.05, 4.69) is 20.4 Å². The van der Waals surface area contributed by atoms with Crippen molar-refractivity contribution in [2.24, 2.45) is 7.05 Å². The molecule has 1 N–H and O–H groups in total. The molecule has 1 aromatic carbocycles. The second-order valence-electron chi connectivity index (χ2n) is 6.16. The number of morpholine rings is 1. The number of thioether (sulfide) groups is 1. The van der Waals surface area contributed by atoms with Crippen LogP contribution in [0.25, 0.3) is 0 Å². The molecule has 3 rings (SSSR count). The number of rotatable bonds is 7. The third-order valence-corrected chi connectivity index (χ3v) is 5.72. The number of carbonyl (C=O) groups is 1. The lowest BCUT2D eigenvalue weighted by atomic mass is 10.2. The molecule has 1 aliphatic rings. The zero-order valence-corrected chi connectivity index (χ0v) is 16.0. The molecule has 1 aromatic heterocycles. The number of amides is 1. The molecule has 1 saturated heterocycles. The zero-order valence-electron chi connectivity index (χ0n) is 15.2. The van der Waals surface area contributed by atoms with Gasteiger partial charge in [0.2, 0.25) is 11.9 Å². The quantitative estimate of drug-likeness (QED) is 0.745. The summed E-state index contributed by atoms with van der Waals surface area (Å²) in [6.07, 6.45) is 0.727. The normalized spacial score (nSPS) is 15.7. The lowest BCUT2D eigenvalue weighted by Gasteiger charge is -2.27. The summed E-state index contributed by atoms with van der Waals surface area (Å²) in [6, 6.07) is 9.92. The smallest absolute Gasteiger partial charge is 0.233 e. The number of aromatic nitrogens is 3. The Morgan fingerprint density at radius 1 is 1.27 bits per heavy atom. The molecule has 1 aliphatic heterocycles. The van der Waals surface area contributed by atoms with Gasteiger partial charge in [0, 0.05) is 26.7 Å². The second-order valence-corrected chi connectivity index (χ2v) is 7.33. The molecule has 1 amide bonds. The number of anilines is 1. The van der Waals surface area contributed by atoms with Crippen LogP contribution in [0.15, 0.2) is 35.5 Å². The van der Waals surface area contributed by atoms with E-state index in [1.807, 2.05) is 48.9 Å². The maximum atomic E-state index is 12.6. The molecular weight excluding hydrogens is 350 g/mol. The van der Waals surface area contributed by atoms with Crippen LogP contribution < -0.4 is 10.2 Å². The molecule has 1 atom stereocenters. The van der Waals surface area contributed by atoms with Crippen molar-refractivity contribution >= 4 is 23.6 Å². The predicted octanol–water partition coefficient (Wildman–Crippen LogP) is 1.84. The minimum absolute atomic E-state index is 0.0253. The first-order valence-electron chi connectivity index (χ1n) is 8.89. The van der Waals surface area contributed by atoms with Gasteiger partial charge in [0.15, 0.2) is 5.16 Å². The number of nitrogens with zero attached hydrogens (tertiary/aromatic N) is 4. The molecule has 0 saturated carbocycles. The van der Waals surface area contributed by atoms with Crippen LogP contribution in [-0.4, -0.2) is 52.2 Å². The van der Waals surface area contributed by atoms with Gasteiger partial charge in [-0.05, 0) is 12.0 Å². The molecule has 0 bridgehead atoms. The highest BCUT2D eigenvalue weighted by Crippen LogP contribution is 2.26. The number of ether oxygens (including phenoxy) is 1. The molecule has 140 valence electrons. The molecule has 8 heteroatoms. The van der Waals surface area contributed by atoms with Crippen molar-refractivity contribution < 1.29 is 9.53 Å². The second kappa shape index (κ2) is 9.05. The van der Waals surface area contributed by atoms with Gasteiger partial charge in [-0.1, -0.05) is 49.0 Å². The fourth-order valence-corrected chi connectivity index (χ4v) is 3.74. The first-order chi connectivity index (χ1) is 12.7. The molecule has 2 aromatic rings. The van der Waals surface area contributed by atoms with E-state index in [4.69, 9.17) is 4.74 Å². The van der Waals surface area contributed by atoms with E-state index < -0.39 is 0 Å². The minimum atomic E-state index is -0.195. The standard InChI is InChI=1S/C18H25N5O2S/c1-3-15(16(24)19-13-14-7-5-4-6-8-14)26-18-21-20-17(22(18)2)23-9-11-25-12-10-23/h4-8,15H,3,9-13H2,1-2H3,(H,19,24). The predicted molar refractivity (Wildman–Crippen MR) is 102 cm³/mol. The monoisotopic (exact) mass is 375 g/mol. The maximum absolute atomic E-state index is 12.6. The number of nitrogens with one attached hydrogen (secondary N) is 1. The summed E-state index contributed by atoms with van der Waals surface area (Å²) in [4.78, 5) is 14.7. The fourth-order valence-electron chi connectivity index (χ4n) is 2.80. The Hall–Kier alpha value is -2.06. The molecule has 1 unspecified atom stereocenters. The van der Waals surface area contributed by atoms with E-state index >= 15 is 0 Å². The lowest BCUT2D eigenvalue weighted by molar-refractivity contribution is -0.120. The van der Waals surface area contributed by atoms with Gasteiger partial charge in [0.25, 0.3) is 0 Å². The number of hydrogen-bond donors (Lipinski definition) is 1. The van der Waals surface area contributed by atoms with Gasteiger partial charge in [0.05, 0.1) is 18.5 Å². The summed E-state index contributed by atoms with van der Waals surface area (Å²) in [5.41, 5.74) is 1.09. The molecule has 2 heterocycles. The Labute approximate surface area is 158 Å². The van der Waals surface area contributed by atoms with Gasteiger partial charge in [-0.3, -0.25) is 9.36 Å². The summed E-state index contributed by atoms with van der Waals surface area (Å²) < 4.78 is 7.35. The van der Waals surface area contributed by atoms with Gasteiger partial charge < -0.3 is 15.0 Å². The van der Waals surface area contributed by atoms with E-state index in [9.17, 15) is 4.79 Å². The minimum Gasteiger partial charge on any atom is -0.378 e. The largest absolute Gasteiger partial charge is 0.378 e. The maximum Gasteiger partial charge on any atom is 0.233 e. The molecule has 1 fully saturated rings.